The van der Waals surface area contributed by atoms with Gasteiger partial charge in [-0.25, -0.2) is 0 Å². The number of rotatable bonds is 7. The van der Waals surface area contributed by atoms with Gasteiger partial charge in [0.2, 0.25) is 0 Å². The van der Waals surface area contributed by atoms with Gasteiger partial charge in [-0.1, -0.05) is 12.1 Å². The number of aliphatic hydroxyl groups is 1. The maximum Gasteiger partial charge on any atom is 0.119 e. The summed E-state index contributed by atoms with van der Waals surface area (Å²) in [6, 6.07) is 7.97. The average molecular weight is 289 g/mol. The van der Waals surface area contributed by atoms with E-state index in [1.54, 1.807) is 17.8 Å². The van der Waals surface area contributed by atoms with Crippen LogP contribution in [0.1, 0.15) is 25.0 Å². The van der Waals surface area contributed by atoms with Crippen molar-refractivity contribution in [2.75, 3.05) is 13.2 Å². The van der Waals surface area contributed by atoms with Crippen molar-refractivity contribution in [1.29, 1.82) is 0 Å². The van der Waals surface area contributed by atoms with Gasteiger partial charge in [0.1, 0.15) is 11.4 Å². The van der Waals surface area contributed by atoms with Crippen LogP contribution < -0.4 is 10.1 Å². The Bertz CT molecular complexity index is 561. The van der Waals surface area contributed by atoms with Crippen LogP contribution in [0.25, 0.3) is 0 Å². The van der Waals surface area contributed by atoms with Crippen molar-refractivity contribution in [2.24, 2.45) is 7.05 Å². The molecule has 2 aromatic rings. The molecule has 0 aliphatic heterocycles. The summed E-state index contributed by atoms with van der Waals surface area (Å²) in [5.74, 6) is 0.878. The molecule has 1 heterocycles. The summed E-state index contributed by atoms with van der Waals surface area (Å²) in [5.41, 5.74) is 1.03. The van der Waals surface area contributed by atoms with E-state index in [1.165, 1.54) is 0 Å². The Kier molecular flexibility index (Phi) is 4.98. The van der Waals surface area contributed by atoms with Gasteiger partial charge >= 0.3 is 0 Å². The monoisotopic (exact) mass is 289 g/mol. The van der Waals surface area contributed by atoms with Crippen molar-refractivity contribution in [2.45, 2.75) is 26.0 Å². The number of aromatic nitrogens is 2. The second-order valence-corrected chi connectivity index (χ2v) is 5.36. The molecule has 1 unspecified atom stereocenters. The average Bonchev–Trinajstić information content (AvgIpc) is 2.88. The molecule has 0 fully saturated rings. The van der Waals surface area contributed by atoms with E-state index >= 15 is 0 Å². The minimum Gasteiger partial charge on any atom is -0.494 e. The molecule has 0 saturated heterocycles. The van der Waals surface area contributed by atoms with Gasteiger partial charge in [0.05, 0.1) is 12.8 Å². The highest BCUT2D eigenvalue weighted by molar-refractivity contribution is 5.27. The lowest BCUT2D eigenvalue weighted by molar-refractivity contribution is 0.0566. The number of nitrogens with zero attached hydrogens (tertiary/aromatic N) is 2. The molecule has 0 aliphatic carbocycles. The van der Waals surface area contributed by atoms with Gasteiger partial charge in [-0.15, -0.1) is 0 Å². The summed E-state index contributed by atoms with van der Waals surface area (Å²) in [4.78, 5) is 0. The fourth-order valence-corrected chi connectivity index (χ4v) is 2.12. The van der Waals surface area contributed by atoms with Gasteiger partial charge < -0.3 is 15.2 Å². The minimum absolute atomic E-state index is 0.464. The maximum atomic E-state index is 10.5. The van der Waals surface area contributed by atoms with Crippen molar-refractivity contribution in [3.05, 3.63) is 47.8 Å². The molecule has 114 valence electrons. The highest BCUT2D eigenvalue weighted by atomic mass is 16.5. The highest BCUT2D eigenvalue weighted by Gasteiger charge is 2.23. The Labute approximate surface area is 125 Å². The van der Waals surface area contributed by atoms with Crippen molar-refractivity contribution in [3.8, 4) is 5.75 Å². The summed E-state index contributed by atoms with van der Waals surface area (Å²) in [7, 11) is 1.84. The first-order valence-electron chi connectivity index (χ1n) is 7.15. The van der Waals surface area contributed by atoms with Crippen LogP contribution in [0.5, 0.6) is 5.75 Å². The Morgan fingerprint density at radius 1 is 1.33 bits per heavy atom. The fourth-order valence-electron chi connectivity index (χ4n) is 2.12. The third-order valence-electron chi connectivity index (χ3n) is 3.36. The lowest BCUT2D eigenvalue weighted by atomic mass is 9.99. The molecule has 1 aromatic heterocycles. The quantitative estimate of drug-likeness (QED) is 0.816. The number of ether oxygens (including phenoxy) is 1. The summed E-state index contributed by atoms with van der Waals surface area (Å²) < 4.78 is 7.10. The second-order valence-electron chi connectivity index (χ2n) is 5.36. The molecule has 0 aliphatic rings. The van der Waals surface area contributed by atoms with Gasteiger partial charge in [-0.2, -0.15) is 5.10 Å². The Balaban J connectivity index is 1.85. The molecule has 0 bridgehead atoms. The van der Waals surface area contributed by atoms with Crippen LogP contribution >= 0.6 is 0 Å². The van der Waals surface area contributed by atoms with Crippen molar-refractivity contribution in [1.82, 2.24) is 15.1 Å². The summed E-state index contributed by atoms with van der Waals surface area (Å²) in [6.07, 6.45) is 3.52. The van der Waals surface area contributed by atoms with Crippen LogP contribution in [0, 0.1) is 0 Å². The molecule has 1 aromatic carbocycles. The zero-order chi connectivity index (χ0) is 15.3. The molecule has 0 saturated carbocycles. The van der Waals surface area contributed by atoms with Crippen LogP contribution in [0.2, 0.25) is 0 Å². The molecule has 21 heavy (non-hydrogen) atoms. The molecule has 5 nitrogen and oxygen atoms in total. The van der Waals surface area contributed by atoms with Gasteiger partial charge in [0, 0.05) is 31.9 Å². The summed E-state index contributed by atoms with van der Waals surface area (Å²) in [5, 5.41) is 17.8. The molecular weight excluding hydrogens is 266 g/mol. The first-order valence-corrected chi connectivity index (χ1v) is 7.15. The number of benzene rings is 1. The highest BCUT2D eigenvalue weighted by Crippen LogP contribution is 2.19. The van der Waals surface area contributed by atoms with Crippen molar-refractivity contribution in [3.63, 3.8) is 0 Å². The topological polar surface area (TPSA) is 59.3 Å². The zero-order valence-corrected chi connectivity index (χ0v) is 12.8. The van der Waals surface area contributed by atoms with Crippen LogP contribution in [0.4, 0.5) is 0 Å². The van der Waals surface area contributed by atoms with Crippen molar-refractivity contribution < 1.29 is 9.84 Å². The predicted molar refractivity (Wildman–Crippen MR) is 82.1 cm³/mol. The Morgan fingerprint density at radius 3 is 2.62 bits per heavy atom. The fraction of sp³-hybridized carbons (Fsp3) is 0.438. The van der Waals surface area contributed by atoms with E-state index in [4.69, 9.17) is 4.74 Å². The first kappa shape index (κ1) is 15.5. The van der Waals surface area contributed by atoms with E-state index in [0.29, 0.717) is 19.7 Å². The minimum atomic E-state index is -0.931. The standard InChI is InChI=1S/C16H23N3O2/c1-4-21-15-7-5-13(6-8-15)9-17-12-16(2,20)14-10-18-19(3)11-14/h5-8,10-11,17,20H,4,9,12H2,1-3H3. The van der Waals surface area contributed by atoms with E-state index in [0.717, 1.165) is 16.9 Å². The molecule has 1 atom stereocenters. The van der Waals surface area contributed by atoms with Crippen LogP contribution in [-0.4, -0.2) is 28.0 Å². The van der Waals surface area contributed by atoms with E-state index in [-0.39, 0.29) is 0 Å². The summed E-state index contributed by atoms with van der Waals surface area (Å²) in [6.45, 7) is 5.59. The Morgan fingerprint density at radius 2 is 2.05 bits per heavy atom. The third kappa shape index (κ3) is 4.31. The van der Waals surface area contributed by atoms with Gasteiger partial charge in [-0.05, 0) is 31.5 Å². The number of aryl methyl sites for hydroxylation is 1. The predicted octanol–water partition coefficient (Wildman–Crippen LogP) is 1.82. The van der Waals surface area contributed by atoms with E-state index in [9.17, 15) is 5.11 Å². The smallest absolute Gasteiger partial charge is 0.119 e. The van der Waals surface area contributed by atoms with Gasteiger partial charge in [0.25, 0.3) is 0 Å². The van der Waals surface area contributed by atoms with Crippen LogP contribution in [0.3, 0.4) is 0 Å². The largest absolute Gasteiger partial charge is 0.494 e. The van der Waals surface area contributed by atoms with E-state index < -0.39 is 5.60 Å². The third-order valence-corrected chi connectivity index (χ3v) is 3.36. The lowest BCUT2D eigenvalue weighted by Gasteiger charge is -2.22. The first-order chi connectivity index (χ1) is 10.0. The molecule has 5 heteroatoms. The summed E-state index contributed by atoms with van der Waals surface area (Å²) >= 11 is 0. The SMILES string of the molecule is CCOc1ccc(CNCC(C)(O)c2cnn(C)c2)cc1. The normalized spacial score (nSPS) is 13.9. The Hall–Kier alpha value is -1.85. The lowest BCUT2D eigenvalue weighted by Crippen LogP contribution is -2.34. The maximum absolute atomic E-state index is 10.5. The zero-order valence-electron chi connectivity index (χ0n) is 12.8. The molecule has 2 rings (SSSR count). The molecule has 0 amide bonds. The van der Waals surface area contributed by atoms with Crippen LogP contribution in [-0.2, 0) is 19.2 Å². The second kappa shape index (κ2) is 6.74. The van der Waals surface area contributed by atoms with Crippen molar-refractivity contribution >= 4 is 0 Å². The number of nitrogens with one attached hydrogen (secondary N) is 1. The number of hydrogen-bond acceptors (Lipinski definition) is 4. The van der Waals surface area contributed by atoms with Crippen LogP contribution in [0.15, 0.2) is 36.7 Å². The molecule has 0 radical (unpaired) electrons. The number of hydrogen-bond donors (Lipinski definition) is 2. The molecular formula is C16H23N3O2. The van der Waals surface area contributed by atoms with E-state index in [2.05, 4.69) is 10.4 Å². The molecule has 0 spiro atoms. The molecule has 2 N–H and O–H groups in total. The van der Waals surface area contributed by atoms with Gasteiger partial charge in [0.15, 0.2) is 0 Å². The van der Waals surface area contributed by atoms with E-state index in [1.807, 2.05) is 44.4 Å². The van der Waals surface area contributed by atoms with Gasteiger partial charge in [-0.3, -0.25) is 4.68 Å².